The minimum atomic E-state index is -0.750. The number of alkyl halides is 2. The lowest BCUT2D eigenvalue weighted by Gasteiger charge is -2.35. The van der Waals surface area contributed by atoms with Gasteiger partial charge < -0.3 is 16.0 Å². The molecule has 6 aromatic rings. The largest absolute Gasteiger partial charge is 0.356 e. The van der Waals surface area contributed by atoms with Gasteiger partial charge in [-0.3, -0.25) is 14.4 Å². The fourth-order valence-electron chi connectivity index (χ4n) is 9.61. The number of benzene rings is 6. The van der Waals surface area contributed by atoms with Crippen molar-refractivity contribution in [3.63, 3.8) is 0 Å². The zero-order valence-corrected chi connectivity index (χ0v) is 48.5. The Kier molecular flexibility index (Phi) is 25.8. The summed E-state index contributed by atoms with van der Waals surface area (Å²) in [5, 5.41) is 9.55. The average molecular weight is 1240 g/mol. The number of nitrogens with one attached hydrogen (secondary N) is 3. The maximum Gasteiger partial charge on any atom is 0.242 e. The maximum atomic E-state index is 14.4. The Labute approximate surface area is 472 Å². The molecule has 3 unspecified atom stereocenters. The van der Waals surface area contributed by atoms with Crippen LogP contribution >= 0.6 is 68.7 Å². The molecule has 0 aliphatic heterocycles. The normalized spacial score (nSPS) is 12.9. The first kappa shape index (κ1) is 58.2. The van der Waals surface area contributed by atoms with Gasteiger partial charge in [0.2, 0.25) is 17.7 Å². The van der Waals surface area contributed by atoms with Crippen molar-refractivity contribution >= 4 is 86.4 Å². The van der Waals surface area contributed by atoms with Crippen molar-refractivity contribution in [1.82, 2.24) is 16.0 Å². The van der Waals surface area contributed by atoms with Crippen molar-refractivity contribution in [3.05, 3.63) is 215 Å². The van der Waals surface area contributed by atoms with Crippen LogP contribution in [0.2, 0.25) is 0 Å². The molecule has 0 saturated carbocycles. The van der Waals surface area contributed by atoms with E-state index in [0.717, 1.165) is 52.6 Å². The van der Waals surface area contributed by atoms with Crippen LogP contribution in [0.3, 0.4) is 0 Å². The highest BCUT2D eigenvalue weighted by atomic mass is 127. The number of unbranched alkanes of at least 4 members (excludes halogenated alkanes) is 7. The summed E-state index contributed by atoms with van der Waals surface area (Å²) in [6, 6.07) is 62.0. The first-order valence-electron chi connectivity index (χ1n) is 26.5. The van der Waals surface area contributed by atoms with E-state index in [1.807, 2.05) is 72.8 Å². The van der Waals surface area contributed by atoms with E-state index in [1.165, 1.54) is 44.9 Å². The van der Waals surface area contributed by atoms with E-state index in [-0.39, 0.29) is 23.5 Å². The summed E-state index contributed by atoms with van der Waals surface area (Å²) in [7, 11) is 0. The van der Waals surface area contributed by atoms with E-state index in [9.17, 15) is 14.4 Å². The third kappa shape index (κ3) is 17.7. The summed E-state index contributed by atoms with van der Waals surface area (Å²) >= 11 is 8.61. The van der Waals surface area contributed by atoms with E-state index in [4.69, 9.17) is 0 Å². The van der Waals surface area contributed by atoms with E-state index >= 15 is 0 Å². The molecule has 0 fully saturated rings. The number of thioether (sulfide) groups is 2. The lowest BCUT2D eigenvalue weighted by atomic mass is 9.84. The van der Waals surface area contributed by atoms with Crippen molar-refractivity contribution in [2.45, 2.75) is 120 Å². The van der Waals surface area contributed by atoms with Crippen LogP contribution < -0.4 is 16.0 Å². The molecule has 10 heteroatoms. The molecular formula is C63H75I2N3O3S2. The molecule has 3 amide bonds. The summed E-state index contributed by atoms with van der Waals surface area (Å²) in [6.45, 7) is 3.21. The van der Waals surface area contributed by atoms with E-state index in [2.05, 4.69) is 177 Å². The van der Waals surface area contributed by atoms with Gasteiger partial charge >= 0.3 is 0 Å². The molecule has 73 heavy (non-hydrogen) atoms. The van der Waals surface area contributed by atoms with Crippen LogP contribution in [0.1, 0.15) is 130 Å². The van der Waals surface area contributed by atoms with Crippen molar-refractivity contribution in [1.29, 1.82) is 0 Å². The Hall–Kier alpha value is -4.11. The van der Waals surface area contributed by atoms with Gasteiger partial charge in [0.05, 0.1) is 15.2 Å². The third-order valence-electron chi connectivity index (χ3n) is 13.5. The Morgan fingerprint density at radius 3 is 1.26 bits per heavy atom. The highest BCUT2D eigenvalue weighted by Gasteiger charge is 2.39. The van der Waals surface area contributed by atoms with Crippen LogP contribution in [0.4, 0.5) is 0 Å². The van der Waals surface area contributed by atoms with Gasteiger partial charge in [0.25, 0.3) is 0 Å². The van der Waals surface area contributed by atoms with Crippen molar-refractivity contribution in [3.8, 4) is 0 Å². The second-order valence-electron chi connectivity index (χ2n) is 18.8. The Morgan fingerprint density at radius 2 is 0.822 bits per heavy atom. The fourth-order valence-corrected chi connectivity index (χ4v) is 14.0. The highest BCUT2D eigenvalue weighted by Crippen LogP contribution is 2.49. The second kappa shape index (κ2) is 32.4. The molecule has 0 saturated heterocycles. The van der Waals surface area contributed by atoms with E-state index in [0.29, 0.717) is 52.4 Å². The lowest BCUT2D eigenvalue weighted by Crippen LogP contribution is -2.48. The maximum absolute atomic E-state index is 14.4. The highest BCUT2D eigenvalue weighted by molar-refractivity contribution is 14.1. The molecule has 6 nitrogen and oxygen atoms in total. The summed E-state index contributed by atoms with van der Waals surface area (Å²) in [6.07, 6.45) is 14.7. The van der Waals surface area contributed by atoms with Crippen LogP contribution in [0, 0.1) is 0 Å². The molecule has 386 valence electrons. The van der Waals surface area contributed by atoms with Crippen LogP contribution in [-0.2, 0) is 23.9 Å². The molecule has 6 aromatic carbocycles. The predicted octanol–water partition coefficient (Wildman–Crippen LogP) is 15.2. The van der Waals surface area contributed by atoms with Gasteiger partial charge in [-0.05, 0) is 71.9 Å². The molecule has 0 bridgehead atoms. The van der Waals surface area contributed by atoms with Crippen molar-refractivity contribution < 1.29 is 14.4 Å². The molecular weight excluding hydrogens is 1160 g/mol. The van der Waals surface area contributed by atoms with Gasteiger partial charge in [-0.25, -0.2) is 0 Å². The number of hydrogen-bond acceptors (Lipinski definition) is 5. The molecule has 0 heterocycles. The SMILES string of the molecule is CCCCCCCCC(I)C(I)CCCCC(=O)NCCCCC(NC(=O)CSC(c1ccccc1)(c1ccccc1)c1ccccc1)C(=O)NCCSC(c1ccccc1)(c1ccccc1)c1ccccc1. The number of amides is 3. The lowest BCUT2D eigenvalue weighted by molar-refractivity contribution is -0.128. The molecule has 3 N–H and O–H groups in total. The smallest absolute Gasteiger partial charge is 0.242 e. The molecule has 0 spiro atoms. The van der Waals surface area contributed by atoms with Gasteiger partial charge in [-0.15, -0.1) is 23.5 Å². The second-order valence-corrected chi connectivity index (χ2v) is 24.5. The molecule has 3 atom stereocenters. The van der Waals surface area contributed by atoms with Gasteiger partial charge in [0.1, 0.15) is 6.04 Å². The van der Waals surface area contributed by atoms with Crippen LogP contribution in [0.5, 0.6) is 0 Å². The van der Waals surface area contributed by atoms with Gasteiger partial charge in [-0.1, -0.05) is 279 Å². The average Bonchev–Trinajstić information content (AvgIpc) is 3.44. The van der Waals surface area contributed by atoms with E-state index in [1.54, 1.807) is 23.5 Å². The molecule has 0 aromatic heterocycles. The summed E-state index contributed by atoms with van der Waals surface area (Å²) in [4.78, 5) is 41.6. The Bertz CT molecular complexity index is 2280. The quantitative estimate of drug-likeness (QED) is 0.0165. The van der Waals surface area contributed by atoms with Crippen molar-refractivity contribution in [2.75, 3.05) is 24.6 Å². The van der Waals surface area contributed by atoms with Crippen LogP contribution in [0.25, 0.3) is 0 Å². The number of carbonyl (C=O) groups is 3. The number of rotatable bonds is 33. The Morgan fingerprint density at radius 1 is 0.438 bits per heavy atom. The van der Waals surface area contributed by atoms with Gasteiger partial charge in [-0.2, -0.15) is 0 Å². The fraction of sp³-hybridized carbons (Fsp3) is 0.381. The predicted molar refractivity (Wildman–Crippen MR) is 327 cm³/mol. The van der Waals surface area contributed by atoms with Crippen molar-refractivity contribution in [2.24, 2.45) is 0 Å². The van der Waals surface area contributed by atoms with Crippen LogP contribution in [-0.4, -0.2) is 56.2 Å². The monoisotopic (exact) mass is 1240 g/mol. The molecule has 0 radical (unpaired) electrons. The molecule has 0 aliphatic rings. The number of hydrogen-bond donors (Lipinski definition) is 3. The van der Waals surface area contributed by atoms with Crippen LogP contribution in [0.15, 0.2) is 182 Å². The Balaban J connectivity index is 1.09. The summed E-state index contributed by atoms with van der Waals surface area (Å²) in [5.41, 5.74) is 6.69. The minimum absolute atomic E-state index is 0.0801. The zero-order chi connectivity index (χ0) is 51.4. The summed E-state index contributed by atoms with van der Waals surface area (Å²) < 4.78 is 0.109. The first-order chi connectivity index (χ1) is 35.8. The zero-order valence-electron chi connectivity index (χ0n) is 42.6. The van der Waals surface area contributed by atoms with Gasteiger partial charge in [0.15, 0.2) is 0 Å². The first-order valence-corrected chi connectivity index (χ1v) is 31.0. The summed E-state index contributed by atoms with van der Waals surface area (Å²) in [5.74, 6) is 0.412. The molecule has 6 rings (SSSR count). The van der Waals surface area contributed by atoms with E-state index < -0.39 is 15.5 Å². The topological polar surface area (TPSA) is 87.3 Å². The third-order valence-corrected chi connectivity index (χ3v) is 20.9. The minimum Gasteiger partial charge on any atom is -0.356 e. The number of carbonyl (C=O) groups excluding carboxylic acids is 3. The molecule has 0 aliphatic carbocycles. The standard InChI is InChI=1S/C63H75I2N3O3S2/c1-2-3-4-5-6-25-42-56(64)57(65)43-26-27-45-59(69)66-46-29-28-44-58(68-60(70)49-73-63(53-36-19-10-20-37-53,54-38-21-11-22-39-54)55-40-23-12-24-41-55)61(71)67-47-48-72-62(50-30-13-7-14-31-50,51-32-15-8-16-33-51)52-34-17-9-18-35-52/h7-24,30-41,56-58H,2-6,25-29,42-49H2,1H3,(H,66,69)(H,67,71)(H,68,70). The number of halogens is 2. The van der Waals surface area contributed by atoms with Gasteiger partial charge in [0, 0.05) is 33.1 Å².